The van der Waals surface area contributed by atoms with E-state index in [9.17, 15) is 13.2 Å². The molecule has 0 unspecified atom stereocenters. The van der Waals surface area contributed by atoms with Crippen LogP contribution in [0.2, 0.25) is 0 Å². The van der Waals surface area contributed by atoms with Gasteiger partial charge in [-0.05, 0) is 49.6 Å². The second-order valence-electron chi connectivity index (χ2n) is 6.85. The van der Waals surface area contributed by atoms with Crippen molar-refractivity contribution in [1.82, 2.24) is 14.6 Å². The minimum atomic E-state index is -3.67. The number of aromatic nitrogens is 1. The third kappa shape index (κ3) is 3.54. The van der Waals surface area contributed by atoms with Gasteiger partial charge >= 0.3 is 0 Å². The molecule has 1 atom stereocenters. The molecule has 2 aromatic rings. The fraction of sp³-hybridized carbons (Fsp3) is 0.368. The predicted octanol–water partition coefficient (Wildman–Crippen LogP) is 1.52. The van der Waals surface area contributed by atoms with Crippen molar-refractivity contribution in [1.29, 1.82) is 0 Å². The van der Waals surface area contributed by atoms with E-state index in [-0.39, 0.29) is 23.5 Å². The zero-order chi connectivity index (χ0) is 19.0. The first-order valence-electron chi connectivity index (χ1n) is 8.94. The summed E-state index contributed by atoms with van der Waals surface area (Å²) in [5.41, 5.74) is 2.22. The number of carbonyl (C=O) groups is 1. The Labute approximate surface area is 158 Å². The van der Waals surface area contributed by atoms with Crippen molar-refractivity contribution in [3.63, 3.8) is 0 Å². The molecule has 1 aromatic carbocycles. The van der Waals surface area contributed by atoms with Crippen LogP contribution < -0.4 is 10.1 Å². The lowest BCUT2D eigenvalue weighted by molar-refractivity contribution is 0.0945. The van der Waals surface area contributed by atoms with Gasteiger partial charge < -0.3 is 10.1 Å². The first-order valence-corrected chi connectivity index (χ1v) is 10.4. The molecule has 1 amide bonds. The number of nitrogens with zero attached hydrogens (tertiary/aromatic N) is 2. The topological polar surface area (TPSA) is 88.6 Å². The van der Waals surface area contributed by atoms with Crippen LogP contribution in [-0.2, 0) is 16.4 Å². The highest BCUT2D eigenvalue weighted by atomic mass is 32.2. The molecule has 0 aliphatic carbocycles. The molecule has 142 valence electrons. The smallest absolute Gasteiger partial charge is 0.251 e. The number of hydrogen-bond donors (Lipinski definition) is 1. The molecular formula is C19H21N3O4S. The van der Waals surface area contributed by atoms with Gasteiger partial charge in [-0.25, -0.2) is 8.42 Å². The standard InChI is InChI=1S/C19H21N3O4S/c1-13-2-4-15(11-21-13)26-16-7-9-22(12-16)27(24,25)17-5-3-14-6-8-20-19(23)18(14)10-17/h2-5,10-11,16H,6-9,12H2,1H3,(H,20,23)/t16-/m0/s1. The van der Waals surface area contributed by atoms with Gasteiger partial charge in [0.1, 0.15) is 11.9 Å². The molecule has 7 nitrogen and oxygen atoms in total. The summed E-state index contributed by atoms with van der Waals surface area (Å²) in [5.74, 6) is 0.415. The molecule has 2 aliphatic rings. The van der Waals surface area contributed by atoms with E-state index in [1.807, 2.05) is 19.1 Å². The van der Waals surface area contributed by atoms with Gasteiger partial charge in [-0.2, -0.15) is 4.31 Å². The Morgan fingerprint density at radius 3 is 2.89 bits per heavy atom. The molecule has 8 heteroatoms. The number of amides is 1. The summed E-state index contributed by atoms with van der Waals surface area (Å²) in [7, 11) is -3.67. The van der Waals surface area contributed by atoms with Crippen LogP contribution >= 0.6 is 0 Å². The van der Waals surface area contributed by atoms with Crippen molar-refractivity contribution in [2.75, 3.05) is 19.6 Å². The maximum atomic E-state index is 13.0. The normalized spacial score (nSPS) is 20.2. The summed E-state index contributed by atoms with van der Waals surface area (Å²) in [6.45, 7) is 3.14. The molecule has 1 fully saturated rings. The number of ether oxygens (including phenoxy) is 1. The van der Waals surface area contributed by atoms with E-state index in [1.54, 1.807) is 18.3 Å². The van der Waals surface area contributed by atoms with E-state index in [4.69, 9.17) is 4.74 Å². The van der Waals surface area contributed by atoms with Crippen LogP contribution in [0.5, 0.6) is 5.75 Å². The lowest BCUT2D eigenvalue weighted by Gasteiger charge is -2.20. The number of hydrogen-bond acceptors (Lipinski definition) is 5. The van der Waals surface area contributed by atoms with E-state index in [1.165, 1.54) is 10.4 Å². The van der Waals surface area contributed by atoms with Gasteiger partial charge in [-0.1, -0.05) is 6.07 Å². The average Bonchev–Trinajstić information content (AvgIpc) is 3.13. The number of sulfonamides is 1. The minimum Gasteiger partial charge on any atom is -0.487 e. The Bertz CT molecular complexity index is 973. The second-order valence-corrected chi connectivity index (χ2v) is 8.79. The van der Waals surface area contributed by atoms with E-state index >= 15 is 0 Å². The van der Waals surface area contributed by atoms with Gasteiger partial charge in [0.2, 0.25) is 10.0 Å². The van der Waals surface area contributed by atoms with Crippen molar-refractivity contribution < 1.29 is 17.9 Å². The molecule has 1 saturated heterocycles. The largest absolute Gasteiger partial charge is 0.487 e. The molecule has 0 saturated carbocycles. The lowest BCUT2D eigenvalue weighted by atomic mass is 10.0. The summed E-state index contributed by atoms with van der Waals surface area (Å²) >= 11 is 0. The van der Waals surface area contributed by atoms with Gasteiger partial charge in [0.15, 0.2) is 0 Å². The fourth-order valence-corrected chi connectivity index (χ4v) is 4.94. The van der Waals surface area contributed by atoms with Crippen LogP contribution in [0.25, 0.3) is 0 Å². The summed E-state index contributed by atoms with van der Waals surface area (Å²) in [6.07, 6.45) is 2.75. The first-order chi connectivity index (χ1) is 12.9. The molecule has 3 heterocycles. The summed E-state index contributed by atoms with van der Waals surface area (Å²) < 4.78 is 33.3. The molecule has 0 radical (unpaired) electrons. The zero-order valence-electron chi connectivity index (χ0n) is 15.0. The predicted molar refractivity (Wildman–Crippen MR) is 99.2 cm³/mol. The summed E-state index contributed by atoms with van der Waals surface area (Å²) in [5, 5.41) is 2.75. The third-order valence-electron chi connectivity index (χ3n) is 4.94. The Balaban J connectivity index is 1.50. The Kier molecular flexibility index (Phi) is 4.61. The van der Waals surface area contributed by atoms with E-state index in [0.717, 1.165) is 11.3 Å². The van der Waals surface area contributed by atoms with Crippen LogP contribution in [-0.4, -0.2) is 49.4 Å². The molecule has 1 N–H and O–H groups in total. The average molecular weight is 387 g/mol. The van der Waals surface area contributed by atoms with Crippen molar-refractivity contribution in [3.8, 4) is 5.75 Å². The van der Waals surface area contributed by atoms with Crippen molar-refractivity contribution in [2.24, 2.45) is 0 Å². The minimum absolute atomic E-state index is 0.149. The molecular weight excluding hydrogens is 366 g/mol. The monoisotopic (exact) mass is 387 g/mol. The Morgan fingerprint density at radius 2 is 2.11 bits per heavy atom. The number of carbonyl (C=O) groups excluding carboxylic acids is 1. The lowest BCUT2D eigenvalue weighted by Crippen LogP contribution is -2.33. The molecule has 2 aliphatic heterocycles. The number of rotatable bonds is 4. The van der Waals surface area contributed by atoms with E-state index < -0.39 is 10.0 Å². The van der Waals surface area contributed by atoms with Crippen LogP contribution in [0, 0.1) is 6.92 Å². The van der Waals surface area contributed by atoms with Crippen molar-refractivity contribution in [3.05, 3.63) is 53.3 Å². The number of nitrogens with one attached hydrogen (secondary N) is 1. The first kappa shape index (κ1) is 17.9. The summed E-state index contributed by atoms with van der Waals surface area (Å²) in [4.78, 5) is 16.4. The van der Waals surface area contributed by atoms with E-state index in [0.29, 0.717) is 37.2 Å². The molecule has 0 spiro atoms. The molecule has 0 bridgehead atoms. The van der Waals surface area contributed by atoms with Crippen LogP contribution in [0.3, 0.4) is 0 Å². The third-order valence-corrected chi connectivity index (χ3v) is 6.80. The highest BCUT2D eigenvalue weighted by molar-refractivity contribution is 7.89. The quantitative estimate of drug-likeness (QED) is 0.859. The van der Waals surface area contributed by atoms with Gasteiger partial charge in [-0.3, -0.25) is 9.78 Å². The summed E-state index contributed by atoms with van der Waals surface area (Å²) in [6, 6.07) is 8.50. The second kappa shape index (κ2) is 6.94. The van der Waals surface area contributed by atoms with Crippen molar-refractivity contribution >= 4 is 15.9 Å². The van der Waals surface area contributed by atoms with Gasteiger partial charge in [0.05, 0.1) is 17.6 Å². The fourth-order valence-electron chi connectivity index (χ4n) is 3.43. The van der Waals surface area contributed by atoms with Crippen LogP contribution in [0.4, 0.5) is 0 Å². The van der Waals surface area contributed by atoms with Gasteiger partial charge in [0.25, 0.3) is 5.91 Å². The molecule has 1 aromatic heterocycles. The number of aryl methyl sites for hydroxylation is 1. The Hall–Kier alpha value is -2.45. The number of pyridine rings is 1. The van der Waals surface area contributed by atoms with Crippen LogP contribution in [0.15, 0.2) is 41.4 Å². The number of fused-ring (bicyclic) bond motifs is 1. The van der Waals surface area contributed by atoms with Crippen LogP contribution in [0.1, 0.15) is 28.0 Å². The highest BCUT2D eigenvalue weighted by Gasteiger charge is 2.34. The molecule has 4 rings (SSSR count). The zero-order valence-corrected chi connectivity index (χ0v) is 15.8. The van der Waals surface area contributed by atoms with Crippen molar-refractivity contribution in [2.45, 2.75) is 30.8 Å². The van der Waals surface area contributed by atoms with E-state index in [2.05, 4.69) is 10.3 Å². The number of benzene rings is 1. The van der Waals surface area contributed by atoms with Gasteiger partial charge in [0, 0.05) is 24.3 Å². The highest BCUT2D eigenvalue weighted by Crippen LogP contribution is 2.26. The maximum Gasteiger partial charge on any atom is 0.251 e. The SMILES string of the molecule is Cc1ccc(O[C@H]2CCN(S(=O)(=O)c3ccc4c(c3)C(=O)NCC4)C2)cn1. The Morgan fingerprint density at radius 1 is 1.26 bits per heavy atom. The van der Waals surface area contributed by atoms with Gasteiger partial charge in [-0.15, -0.1) is 0 Å². The maximum absolute atomic E-state index is 13.0. The molecule has 27 heavy (non-hydrogen) atoms.